The normalized spacial score (nSPS) is 12.8. The first-order valence-corrected chi connectivity index (χ1v) is 4.83. The van der Waals surface area contributed by atoms with Crippen molar-refractivity contribution >= 4 is 5.91 Å². The molecule has 15 heavy (non-hydrogen) atoms. The minimum Gasteiger partial charge on any atom is -0.472 e. The van der Waals surface area contributed by atoms with Crippen molar-refractivity contribution in [2.24, 2.45) is 11.8 Å². The molecule has 0 bridgehead atoms. The summed E-state index contributed by atoms with van der Waals surface area (Å²) >= 11 is 0. The number of hydrogen-bond donors (Lipinski definition) is 2. The lowest BCUT2D eigenvalue weighted by Gasteiger charge is -2.19. The number of furan rings is 1. The molecule has 0 aliphatic heterocycles. The maximum absolute atomic E-state index is 11.2. The Labute approximate surface area is 89.2 Å². The van der Waals surface area contributed by atoms with Gasteiger partial charge in [0.15, 0.2) is 0 Å². The predicted molar refractivity (Wildman–Crippen MR) is 56.5 cm³/mol. The van der Waals surface area contributed by atoms with Gasteiger partial charge >= 0.3 is 0 Å². The number of hydrogen-bond acceptors (Lipinski definition) is 4. The molecule has 84 valence electrons. The van der Waals surface area contributed by atoms with Crippen LogP contribution in [0.4, 0.5) is 0 Å². The molecule has 0 spiro atoms. The summed E-state index contributed by atoms with van der Waals surface area (Å²) in [5, 5.41) is 0. The van der Waals surface area contributed by atoms with Crippen LogP contribution in [-0.4, -0.2) is 24.4 Å². The van der Waals surface area contributed by atoms with Gasteiger partial charge in [-0.2, -0.15) is 0 Å². The van der Waals surface area contributed by atoms with Crippen LogP contribution in [0.5, 0.6) is 0 Å². The number of nitrogens with zero attached hydrogens (tertiary/aromatic N) is 1. The van der Waals surface area contributed by atoms with E-state index >= 15 is 0 Å². The molecule has 0 saturated carbocycles. The van der Waals surface area contributed by atoms with Gasteiger partial charge in [-0.15, -0.1) is 0 Å². The van der Waals surface area contributed by atoms with Crippen molar-refractivity contribution in [1.82, 2.24) is 10.3 Å². The van der Waals surface area contributed by atoms with Crippen LogP contribution in [0, 0.1) is 5.92 Å². The average Bonchev–Trinajstić information content (AvgIpc) is 2.68. The summed E-state index contributed by atoms with van der Waals surface area (Å²) in [5.41, 5.74) is 3.24. The first kappa shape index (κ1) is 11.7. The monoisotopic (exact) mass is 211 g/mol. The van der Waals surface area contributed by atoms with Gasteiger partial charge in [-0.05, 0) is 13.1 Å². The van der Waals surface area contributed by atoms with Gasteiger partial charge in [-0.3, -0.25) is 10.2 Å². The third kappa shape index (κ3) is 3.73. The maximum atomic E-state index is 11.2. The average molecular weight is 211 g/mol. The van der Waals surface area contributed by atoms with E-state index in [0.29, 0.717) is 6.54 Å². The van der Waals surface area contributed by atoms with Crippen LogP contribution >= 0.6 is 0 Å². The van der Waals surface area contributed by atoms with Crippen LogP contribution in [0.1, 0.15) is 12.5 Å². The van der Waals surface area contributed by atoms with Gasteiger partial charge in [0, 0.05) is 24.6 Å². The molecule has 0 aromatic carbocycles. The highest BCUT2D eigenvalue weighted by Gasteiger charge is 2.13. The lowest BCUT2D eigenvalue weighted by atomic mass is 10.1. The SMILES string of the molecule is CC(CN(C)Cc1ccoc1)C(=O)NN. The summed E-state index contributed by atoms with van der Waals surface area (Å²) in [6, 6.07) is 1.91. The molecule has 5 heteroatoms. The van der Waals surface area contributed by atoms with Crippen LogP contribution in [0.15, 0.2) is 23.0 Å². The van der Waals surface area contributed by atoms with E-state index in [1.54, 1.807) is 12.5 Å². The molecule has 0 aliphatic rings. The molecule has 0 fully saturated rings. The second-order valence-corrected chi connectivity index (χ2v) is 3.74. The number of rotatable bonds is 5. The van der Waals surface area contributed by atoms with E-state index in [2.05, 4.69) is 5.43 Å². The molecule has 0 radical (unpaired) electrons. The molecule has 1 aromatic heterocycles. The van der Waals surface area contributed by atoms with Gasteiger partial charge in [0.05, 0.1) is 12.5 Å². The summed E-state index contributed by atoms with van der Waals surface area (Å²) in [4.78, 5) is 13.2. The zero-order valence-electron chi connectivity index (χ0n) is 9.06. The first-order valence-electron chi connectivity index (χ1n) is 4.83. The number of hydrazine groups is 1. The van der Waals surface area contributed by atoms with E-state index in [1.807, 2.05) is 24.9 Å². The molecule has 1 amide bonds. The van der Waals surface area contributed by atoms with Crippen molar-refractivity contribution in [2.45, 2.75) is 13.5 Å². The molecule has 5 nitrogen and oxygen atoms in total. The molecule has 1 aromatic rings. The van der Waals surface area contributed by atoms with E-state index in [4.69, 9.17) is 10.3 Å². The van der Waals surface area contributed by atoms with Crippen LogP contribution in [0.3, 0.4) is 0 Å². The number of carbonyl (C=O) groups excluding carboxylic acids is 1. The standard InChI is InChI=1S/C10H17N3O2/c1-8(10(14)12-11)5-13(2)6-9-3-4-15-7-9/h3-4,7-8H,5-6,11H2,1-2H3,(H,12,14). The van der Waals surface area contributed by atoms with Crippen LogP contribution in [-0.2, 0) is 11.3 Å². The van der Waals surface area contributed by atoms with Gasteiger partial charge < -0.3 is 9.32 Å². The molecule has 1 unspecified atom stereocenters. The fraction of sp³-hybridized carbons (Fsp3) is 0.500. The van der Waals surface area contributed by atoms with Crippen molar-refractivity contribution in [3.8, 4) is 0 Å². The summed E-state index contributed by atoms with van der Waals surface area (Å²) in [7, 11) is 1.95. The first-order chi connectivity index (χ1) is 7.13. The predicted octanol–water partition coefficient (Wildman–Crippen LogP) is 0.337. The molecular formula is C10H17N3O2. The zero-order chi connectivity index (χ0) is 11.3. The third-order valence-electron chi connectivity index (χ3n) is 2.21. The smallest absolute Gasteiger partial charge is 0.237 e. The van der Waals surface area contributed by atoms with Gasteiger partial charge in [-0.1, -0.05) is 6.92 Å². The second kappa shape index (κ2) is 5.53. The highest BCUT2D eigenvalue weighted by molar-refractivity contribution is 5.77. The summed E-state index contributed by atoms with van der Waals surface area (Å²) in [6.45, 7) is 3.26. The lowest BCUT2D eigenvalue weighted by molar-refractivity contribution is -0.125. The van der Waals surface area contributed by atoms with E-state index in [1.165, 1.54) is 0 Å². The van der Waals surface area contributed by atoms with E-state index in [0.717, 1.165) is 12.1 Å². The molecule has 3 N–H and O–H groups in total. The van der Waals surface area contributed by atoms with Crippen molar-refractivity contribution < 1.29 is 9.21 Å². The van der Waals surface area contributed by atoms with Crippen LogP contribution < -0.4 is 11.3 Å². The number of nitrogens with two attached hydrogens (primary N) is 1. The van der Waals surface area contributed by atoms with Crippen LogP contribution in [0.2, 0.25) is 0 Å². The quantitative estimate of drug-likeness (QED) is 0.418. The summed E-state index contributed by atoms with van der Waals surface area (Å²) in [6.07, 6.45) is 3.34. The van der Waals surface area contributed by atoms with Gasteiger partial charge in [0.2, 0.25) is 5.91 Å². The highest BCUT2D eigenvalue weighted by atomic mass is 16.3. The molecule has 0 aliphatic carbocycles. The highest BCUT2D eigenvalue weighted by Crippen LogP contribution is 2.06. The molecule has 1 atom stereocenters. The number of amides is 1. The summed E-state index contributed by atoms with van der Waals surface area (Å²) < 4.78 is 4.96. The Morgan fingerprint density at radius 3 is 3.00 bits per heavy atom. The van der Waals surface area contributed by atoms with Crippen molar-refractivity contribution in [3.63, 3.8) is 0 Å². The Balaban J connectivity index is 2.35. The third-order valence-corrected chi connectivity index (χ3v) is 2.21. The fourth-order valence-corrected chi connectivity index (χ4v) is 1.45. The topological polar surface area (TPSA) is 71.5 Å². The summed E-state index contributed by atoms with van der Waals surface area (Å²) in [5.74, 6) is 4.79. The molecular weight excluding hydrogens is 194 g/mol. The number of nitrogens with one attached hydrogen (secondary N) is 1. The minimum absolute atomic E-state index is 0.119. The van der Waals surface area contributed by atoms with Crippen molar-refractivity contribution in [2.75, 3.05) is 13.6 Å². The maximum Gasteiger partial charge on any atom is 0.237 e. The Morgan fingerprint density at radius 1 is 1.73 bits per heavy atom. The molecule has 0 saturated heterocycles. The zero-order valence-corrected chi connectivity index (χ0v) is 9.06. The molecule has 1 heterocycles. The Bertz CT molecular complexity index is 298. The Kier molecular flexibility index (Phi) is 4.33. The van der Waals surface area contributed by atoms with Crippen molar-refractivity contribution in [3.05, 3.63) is 24.2 Å². The van der Waals surface area contributed by atoms with Crippen LogP contribution in [0.25, 0.3) is 0 Å². The lowest BCUT2D eigenvalue weighted by Crippen LogP contribution is -2.39. The Hall–Kier alpha value is -1.33. The number of carbonyl (C=O) groups is 1. The van der Waals surface area contributed by atoms with Crippen molar-refractivity contribution in [1.29, 1.82) is 0 Å². The minimum atomic E-state index is -0.144. The molecule has 1 rings (SSSR count). The van der Waals surface area contributed by atoms with E-state index in [-0.39, 0.29) is 11.8 Å². The van der Waals surface area contributed by atoms with Gasteiger partial charge in [-0.25, -0.2) is 5.84 Å². The van der Waals surface area contributed by atoms with Gasteiger partial charge in [0.1, 0.15) is 0 Å². The van der Waals surface area contributed by atoms with Gasteiger partial charge in [0.25, 0.3) is 0 Å². The fourth-order valence-electron chi connectivity index (χ4n) is 1.45. The van der Waals surface area contributed by atoms with E-state index in [9.17, 15) is 4.79 Å². The van der Waals surface area contributed by atoms with E-state index < -0.39 is 0 Å². The second-order valence-electron chi connectivity index (χ2n) is 3.74. The largest absolute Gasteiger partial charge is 0.472 e. The Morgan fingerprint density at radius 2 is 2.47 bits per heavy atom.